The second-order valence-corrected chi connectivity index (χ2v) is 20.3. The first kappa shape index (κ1) is 54.6. The number of aliphatic hydroxyl groups excluding tert-OH is 1. The molecule has 0 saturated heterocycles. The molecule has 2 aromatic carbocycles. The van der Waals surface area contributed by atoms with E-state index in [1.54, 1.807) is 42.1 Å². The molecule has 1 fully saturated rings. The van der Waals surface area contributed by atoms with Gasteiger partial charge in [-0.15, -0.1) is 11.3 Å². The quantitative estimate of drug-likeness (QED) is 0.0757. The van der Waals surface area contributed by atoms with E-state index in [2.05, 4.69) is 20.9 Å². The summed E-state index contributed by atoms with van der Waals surface area (Å²) in [6.07, 6.45) is 1.81. The Balaban J connectivity index is 0.873. The van der Waals surface area contributed by atoms with Crippen molar-refractivity contribution in [2.45, 2.75) is 78.7 Å². The number of urea groups is 1. The molecule has 0 spiro atoms. The van der Waals surface area contributed by atoms with E-state index >= 15 is 0 Å². The van der Waals surface area contributed by atoms with Crippen LogP contribution in [0.5, 0.6) is 11.5 Å². The zero-order valence-corrected chi connectivity index (χ0v) is 43.4. The molecule has 19 heteroatoms. The van der Waals surface area contributed by atoms with Gasteiger partial charge in [0.05, 0.1) is 93.5 Å². The molecule has 71 heavy (non-hydrogen) atoms. The Labute approximate surface area is 420 Å². The molecule has 1 unspecified atom stereocenters. The van der Waals surface area contributed by atoms with Crippen LogP contribution in [0, 0.1) is 24.2 Å². The van der Waals surface area contributed by atoms with Crippen molar-refractivity contribution in [2.75, 3.05) is 81.0 Å². The zero-order chi connectivity index (χ0) is 51.4. The fraction of sp³-hybridized carbons (Fsp3) is 0.538. The topological polar surface area (TPSA) is 212 Å². The van der Waals surface area contributed by atoms with Crippen molar-refractivity contribution in [1.29, 1.82) is 0 Å². The number of ketones is 1. The molecule has 0 bridgehead atoms. The van der Waals surface area contributed by atoms with E-state index in [-0.39, 0.29) is 95.4 Å². The molecule has 4 aromatic rings. The van der Waals surface area contributed by atoms with Crippen molar-refractivity contribution in [2.24, 2.45) is 24.3 Å². The van der Waals surface area contributed by atoms with Gasteiger partial charge in [-0.2, -0.15) is 0 Å². The second-order valence-electron chi connectivity index (χ2n) is 19.5. The van der Waals surface area contributed by atoms with E-state index in [4.69, 9.17) is 23.7 Å². The van der Waals surface area contributed by atoms with Crippen LogP contribution in [0.15, 0.2) is 52.9 Å². The molecule has 1 saturated carbocycles. The molecule has 0 radical (unpaired) electrons. The molecule has 4 N–H and O–H groups in total. The number of benzene rings is 2. The number of hydrogen-bond donors (Lipinski definition) is 4. The Hall–Kier alpha value is -5.70. The van der Waals surface area contributed by atoms with Gasteiger partial charge in [-0.25, -0.2) is 9.78 Å². The van der Waals surface area contributed by atoms with Crippen molar-refractivity contribution >= 4 is 35.0 Å². The molecular formula is C52H71N7O11S. The van der Waals surface area contributed by atoms with E-state index in [0.29, 0.717) is 36.6 Å². The van der Waals surface area contributed by atoms with Crippen LogP contribution >= 0.6 is 11.3 Å². The number of aromatic nitrogens is 2. The van der Waals surface area contributed by atoms with E-state index in [0.717, 1.165) is 44.0 Å². The number of amides is 4. The minimum Gasteiger partial charge on any atom is -0.496 e. The molecule has 2 aliphatic rings. The van der Waals surface area contributed by atoms with Crippen molar-refractivity contribution in [3.8, 4) is 33.1 Å². The van der Waals surface area contributed by atoms with Gasteiger partial charge in [0.2, 0.25) is 11.8 Å². The summed E-state index contributed by atoms with van der Waals surface area (Å²) in [6, 6.07) is 10.6. The third kappa shape index (κ3) is 14.3. The number of carbonyl (C=O) groups is 4. The van der Waals surface area contributed by atoms with E-state index in [1.807, 2.05) is 94.8 Å². The standard InChI is InChI=1S/C52H71N7O11S/c1-32-47(71-31-55-32)34-12-10-33(11-13-34)26-54-49(63)39-25-36(60)24-38(39)46(62)48(52(2,3)4)56-45(61)30-70-21-20-69-19-18-68-17-15-53-51(65)59-16-14-37-40(28-58(7)50(64)41(37)29-59)35-22-43(66-8)42(27-57(5)6)44(23-35)67-9/h10-13,22-23,28,31,36,38-39,48,60H,14-21,24-27,29-30H2,1-9H3,(H,53,65)(H,54,63)(H,56,61)/t36-,38?,39+,48+/m1/s1. The number of nitrogens with zero attached hydrogens (tertiary/aromatic N) is 4. The third-order valence-electron chi connectivity index (χ3n) is 12.9. The summed E-state index contributed by atoms with van der Waals surface area (Å²) >= 11 is 1.57. The van der Waals surface area contributed by atoms with Crippen LogP contribution in [0.2, 0.25) is 0 Å². The highest BCUT2D eigenvalue weighted by Crippen LogP contribution is 2.39. The van der Waals surface area contributed by atoms with Gasteiger partial charge in [-0.05, 0) is 80.1 Å². The maximum atomic E-state index is 14.0. The number of rotatable bonds is 23. The highest BCUT2D eigenvalue weighted by Gasteiger charge is 2.46. The number of aliphatic hydroxyl groups is 1. The van der Waals surface area contributed by atoms with Crippen molar-refractivity contribution < 1.29 is 48.0 Å². The maximum absolute atomic E-state index is 14.0. The first-order valence-electron chi connectivity index (χ1n) is 24.1. The van der Waals surface area contributed by atoms with Gasteiger partial charge in [0.25, 0.3) is 5.56 Å². The minimum absolute atomic E-state index is 0.122. The minimum atomic E-state index is -0.915. The molecule has 2 aromatic heterocycles. The largest absolute Gasteiger partial charge is 0.496 e. The number of pyridine rings is 1. The van der Waals surface area contributed by atoms with Crippen LogP contribution in [-0.4, -0.2) is 141 Å². The van der Waals surface area contributed by atoms with Crippen molar-refractivity contribution in [3.05, 3.63) is 86.4 Å². The lowest BCUT2D eigenvalue weighted by atomic mass is 9.77. The Kier molecular flexibility index (Phi) is 19.3. The smallest absolute Gasteiger partial charge is 0.317 e. The lowest BCUT2D eigenvalue weighted by Gasteiger charge is -2.33. The Morgan fingerprint density at radius 2 is 1.55 bits per heavy atom. The monoisotopic (exact) mass is 1000 g/mol. The molecule has 3 heterocycles. The van der Waals surface area contributed by atoms with Gasteiger partial charge >= 0.3 is 6.03 Å². The molecule has 4 atom stereocenters. The van der Waals surface area contributed by atoms with Gasteiger partial charge in [0.15, 0.2) is 5.78 Å². The first-order valence-corrected chi connectivity index (χ1v) is 24.9. The van der Waals surface area contributed by atoms with Crippen LogP contribution in [-0.2, 0) is 61.7 Å². The highest BCUT2D eigenvalue weighted by molar-refractivity contribution is 7.13. The third-order valence-corrected chi connectivity index (χ3v) is 13.9. The van der Waals surface area contributed by atoms with Crippen molar-refractivity contribution in [1.82, 2.24) is 35.3 Å². The van der Waals surface area contributed by atoms with Crippen LogP contribution in [0.3, 0.4) is 0 Å². The van der Waals surface area contributed by atoms with E-state index in [9.17, 15) is 29.1 Å². The average Bonchev–Trinajstić information content (AvgIpc) is 3.96. The Bertz CT molecular complexity index is 2510. The summed E-state index contributed by atoms with van der Waals surface area (Å²) < 4.78 is 29.9. The Morgan fingerprint density at radius 3 is 2.17 bits per heavy atom. The van der Waals surface area contributed by atoms with E-state index < -0.39 is 35.3 Å². The molecule has 4 amide bonds. The van der Waals surface area contributed by atoms with Crippen LogP contribution in [0.1, 0.15) is 61.6 Å². The van der Waals surface area contributed by atoms with Gasteiger partial charge in [0, 0.05) is 56.5 Å². The summed E-state index contributed by atoms with van der Waals surface area (Å²) in [5, 5.41) is 19.3. The summed E-state index contributed by atoms with van der Waals surface area (Å²) in [7, 11) is 8.92. The molecule has 1 aliphatic carbocycles. The van der Waals surface area contributed by atoms with Gasteiger partial charge in [-0.3, -0.25) is 19.2 Å². The summed E-state index contributed by atoms with van der Waals surface area (Å²) in [6.45, 7) is 10.0. The zero-order valence-electron chi connectivity index (χ0n) is 42.6. The fourth-order valence-corrected chi connectivity index (χ4v) is 10.0. The molecule has 386 valence electrons. The van der Waals surface area contributed by atoms with E-state index in [1.165, 1.54) is 0 Å². The molecule has 6 rings (SSSR count). The maximum Gasteiger partial charge on any atom is 0.317 e. The predicted molar refractivity (Wildman–Crippen MR) is 270 cm³/mol. The van der Waals surface area contributed by atoms with Crippen LogP contribution in [0.4, 0.5) is 4.79 Å². The number of methoxy groups -OCH3 is 2. The van der Waals surface area contributed by atoms with Crippen LogP contribution < -0.4 is 31.0 Å². The molecular weight excluding hydrogens is 931 g/mol. The number of carbonyl (C=O) groups excluding carboxylic acids is 4. The number of hydrogen-bond acceptors (Lipinski definition) is 14. The summed E-state index contributed by atoms with van der Waals surface area (Å²) in [5.74, 6) is -1.21. The van der Waals surface area contributed by atoms with Gasteiger partial charge in [0.1, 0.15) is 18.1 Å². The predicted octanol–water partition coefficient (Wildman–Crippen LogP) is 4.48. The normalized spacial score (nSPS) is 17.2. The number of nitrogens with one attached hydrogen (secondary N) is 3. The van der Waals surface area contributed by atoms with Crippen LogP contribution in [0.25, 0.3) is 21.6 Å². The number of aryl methyl sites for hydroxylation is 2. The molecule has 1 aliphatic heterocycles. The number of Topliss-reactive ketones (excluding diaryl/α,β-unsaturated/α-hetero) is 1. The number of ether oxygens (including phenoxy) is 5. The second kappa shape index (κ2) is 25.1. The SMILES string of the molecule is COc1cc(-c2cn(C)c(=O)c3c2CCN(C(=O)NCCOCCOCCOCC(=O)N[C@@H](C(=O)C2C[C@@H](O)C[C@@H]2C(=O)NCc2ccc(-c4scnc4C)cc2)C(C)(C)C)C3)cc(OC)c1CN(C)C. The summed E-state index contributed by atoms with van der Waals surface area (Å²) in [4.78, 5) is 76.2. The average molecular weight is 1000 g/mol. The van der Waals surface area contributed by atoms with Crippen molar-refractivity contribution in [3.63, 3.8) is 0 Å². The van der Waals surface area contributed by atoms with Gasteiger partial charge in [-0.1, -0.05) is 45.0 Å². The first-order chi connectivity index (χ1) is 33.9. The molecule has 18 nitrogen and oxygen atoms in total. The fourth-order valence-electron chi connectivity index (χ4n) is 9.20. The lowest BCUT2D eigenvalue weighted by Crippen LogP contribution is -2.53. The van der Waals surface area contributed by atoms with Gasteiger partial charge < -0.3 is 59.1 Å². The number of thiazole rings is 1. The number of fused-ring (bicyclic) bond motifs is 1. The Morgan fingerprint density at radius 1 is 0.901 bits per heavy atom. The lowest BCUT2D eigenvalue weighted by molar-refractivity contribution is -0.138. The summed E-state index contributed by atoms with van der Waals surface area (Å²) in [5.41, 5.74) is 8.03. The highest BCUT2D eigenvalue weighted by atomic mass is 32.1.